The van der Waals surface area contributed by atoms with Crippen LogP contribution < -0.4 is 10.1 Å². The Kier molecular flexibility index (Phi) is 4.14. The van der Waals surface area contributed by atoms with E-state index in [-0.39, 0.29) is 24.0 Å². The third-order valence-electron chi connectivity index (χ3n) is 3.18. The summed E-state index contributed by atoms with van der Waals surface area (Å²) in [5, 5.41) is 3.24. The highest BCUT2D eigenvalue weighted by Crippen LogP contribution is 2.31. The van der Waals surface area contributed by atoms with Crippen LogP contribution in [0.4, 0.5) is 8.78 Å². The zero-order valence-corrected chi connectivity index (χ0v) is 10.5. The molecule has 0 aromatic heterocycles. The van der Waals surface area contributed by atoms with Crippen LogP contribution in [0.5, 0.6) is 5.75 Å². The maximum absolute atomic E-state index is 13.4. The Morgan fingerprint density at radius 2 is 2.00 bits per heavy atom. The lowest BCUT2D eigenvalue weighted by Gasteiger charge is -2.43. The summed E-state index contributed by atoms with van der Waals surface area (Å²) in [6.07, 6.45) is 0.189. The van der Waals surface area contributed by atoms with Gasteiger partial charge in [-0.15, -0.1) is 0 Å². The van der Waals surface area contributed by atoms with Gasteiger partial charge in [0.15, 0.2) is 17.4 Å². The molecule has 0 radical (unpaired) electrons. The summed E-state index contributed by atoms with van der Waals surface area (Å²) in [7, 11) is 1.57. The topological polar surface area (TPSA) is 30.5 Å². The summed E-state index contributed by atoms with van der Waals surface area (Å²) in [6, 6.07) is 3.86. The van der Waals surface area contributed by atoms with Gasteiger partial charge in [-0.3, -0.25) is 0 Å². The molecule has 1 saturated carbocycles. The molecule has 0 heterocycles. The minimum absolute atomic E-state index is 0.177. The fraction of sp³-hybridized carbons (Fsp3) is 0.538. The Morgan fingerprint density at radius 1 is 1.33 bits per heavy atom. The summed E-state index contributed by atoms with van der Waals surface area (Å²) in [5.41, 5.74) is 0. The first-order valence-corrected chi connectivity index (χ1v) is 6.04. The van der Waals surface area contributed by atoms with Crippen molar-refractivity contribution in [3.05, 3.63) is 29.8 Å². The molecule has 1 aliphatic carbocycles. The third-order valence-corrected chi connectivity index (χ3v) is 3.18. The molecule has 0 spiro atoms. The first-order valence-electron chi connectivity index (χ1n) is 6.04. The summed E-state index contributed by atoms with van der Waals surface area (Å²) < 4.78 is 37.5. The van der Waals surface area contributed by atoms with Crippen molar-refractivity contribution in [1.82, 2.24) is 5.32 Å². The van der Waals surface area contributed by atoms with Gasteiger partial charge in [0.05, 0.1) is 0 Å². The summed E-state index contributed by atoms with van der Waals surface area (Å²) in [4.78, 5) is 0. The SMILES string of the molecule is CCNC1CC(Oc2c(F)cccc2F)C1OC. The van der Waals surface area contributed by atoms with Crippen LogP contribution in [0.1, 0.15) is 13.3 Å². The highest BCUT2D eigenvalue weighted by Gasteiger charge is 2.43. The Labute approximate surface area is 105 Å². The standard InChI is InChI=1S/C13H17F2NO2/c1-3-16-10-7-11(13(10)17-2)18-12-8(14)5-4-6-9(12)15/h4-6,10-11,13,16H,3,7H2,1-2H3. The van der Waals surface area contributed by atoms with Gasteiger partial charge in [-0.05, 0) is 18.7 Å². The van der Waals surface area contributed by atoms with Crippen molar-refractivity contribution < 1.29 is 18.3 Å². The highest BCUT2D eigenvalue weighted by molar-refractivity contribution is 5.27. The molecule has 2 rings (SSSR count). The Morgan fingerprint density at radius 3 is 2.56 bits per heavy atom. The molecular formula is C13H17F2NO2. The number of nitrogens with one attached hydrogen (secondary N) is 1. The van der Waals surface area contributed by atoms with E-state index in [1.54, 1.807) is 7.11 Å². The normalized spacial score (nSPS) is 26.8. The van der Waals surface area contributed by atoms with Crippen molar-refractivity contribution in [1.29, 1.82) is 0 Å². The summed E-state index contributed by atoms with van der Waals surface area (Å²) in [6.45, 7) is 2.82. The van der Waals surface area contributed by atoms with Crippen molar-refractivity contribution in [2.45, 2.75) is 31.6 Å². The molecule has 3 unspecified atom stereocenters. The number of halogens is 2. The van der Waals surface area contributed by atoms with Crippen LogP contribution in [0.3, 0.4) is 0 Å². The van der Waals surface area contributed by atoms with E-state index in [9.17, 15) is 8.78 Å². The molecule has 5 heteroatoms. The van der Waals surface area contributed by atoms with Gasteiger partial charge in [-0.2, -0.15) is 0 Å². The van der Waals surface area contributed by atoms with Crippen LogP contribution in [0.15, 0.2) is 18.2 Å². The van der Waals surface area contributed by atoms with Crippen molar-refractivity contribution >= 4 is 0 Å². The summed E-state index contributed by atoms with van der Waals surface area (Å²) >= 11 is 0. The van der Waals surface area contributed by atoms with Gasteiger partial charge in [0, 0.05) is 19.6 Å². The largest absolute Gasteiger partial charge is 0.481 e. The summed E-state index contributed by atoms with van der Waals surface area (Å²) in [5.74, 6) is -1.69. The van der Waals surface area contributed by atoms with E-state index in [2.05, 4.69) is 5.32 Å². The van der Waals surface area contributed by atoms with Gasteiger partial charge >= 0.3 is 0 Å². The number of methoxy groups -OCH3 is 1. The van der Waals surface area contributed by atoms with E-state index in [1.807, 2.05) is 6.92 Å². The lowest BCUT2D eigenvalue weighted by Crippen LogP contribution is -2.61. The maximum Gasteiger partial charge on any atom is 0.191 e. The number of likely N-dealkylation sites (N-methyl/N-ethyl adjacent to an activating group) is 1. The van der Waals surface area contributed by atoms with Crippen molar-refractivity contribution in [3.63, 3.8) is 0 Å². The van der Waals surface area contributed by atoms with E-state index >= 15 is 0 Å². The van der Waals surface area contributed by atoms with Crippen LogP contribution in [0.25, 0.3) is 0 Å². The average Bonchev–Trinajstić information content (AvgIpc) is 2.31. The van der Waals surface area contributed by atoms with Crippen molar-refractivity contribution in [2.75, 3.05) is 13.7 Å². The number of rotatable bonds is 5. The molecule has 0 amide bonds. The Hall–Kier alpha value is -1.20. The van der Waals surface area contributed by atoms with Crippen molar-refractivity contribution in [2.24, 2.45) is 0 Å². The zero-order chi connectivity index (χ0) is 13.1. The average molecular weight is 257 g/mol. The third kappa shape index (κ3) is 2.47. The Balaban J connectivity index is 2.03. The molecule has 1 fully saturated rings. The number of para-hydroxylation sites is 1. The molecule has 1 aliphatic rings. The van der Waals surface area contributed by atoms with Crippen LogP contribution in [0, 0.1) is 11.6 Å². The predicted octanol–water partition coefficient (Wildman–Crippen LogP) is 2.11. The molecular weight excluding hydrogens is 240 g/mol. The second-order valence-electron chi connectivity index (χ2n) is 4.31. The van der Waals surface area contributed by atoms with Crippen LogP contribution in [-0.2, 0) is 4.74 Å². The lowest BCUT2D eigenvalue weighted by atomic mass is 9.85. The maximum atomic E-state index is 13.4. The first kappa shape index (κ1) is 13.2. The number of benzene rings is 1. The van der Waals surface area contributed by atoms with Gasteiger partial charge < -0.3 is 14.8 Å². The first-order chi connectivity index (χ1) is 8.67. The molecule has 0 saturated heterocycles. The van der Waals surface area contributed by atoms with Gasteiger partial charge in [0.1, 0.15) is 12.2 Å². The predicted molar refractivity (Wildman–Crippen MR) is 63.7 cm³/mol. The lowest BCUT2D eigenvalue weighted by molar-refractivity contribution is -0.0905. The quantitative estimate of drug-likeness (QED) is 0.876. The zero-order valence-electron chi connectivity index (χ0n) is 10.5. The highest BCUT2D eigenvalue weighted by atomic mass is 19.1. The van der Waals surface area contributed by atoms with E-state index in [0.717, 1.165) is 6.54 Å². The molecule has 1 N–H and O–H groups in total. The molecule has 0 aliphatic heterocycles. The van der Waals surface area contributed by atoms with Gasteiger partial charge in [-0.25, -0.2) is 8.78 Å². The van der Waals surface area contributed by atoms with Gasteiger partial charge in [0.2, 0.25) is 0 Å². The second kappa shape index (κ2) is 5.63. The molecule has 100 valence electrons. The minimum Gasteiger partial charge on any atom is -0.481 e. The van der Waals surface area contributed by atoms with Crippen LogP contribution >= 0.6 is 0 Å². The monoisotopic (exact) mass is 257 g/mol. The van der Waals surface area contributed by atoms with Crippen LogP contribution in [0.2, 0.25) is 0 Å². The molecule has 1 aromatic carbocycles. The fourth-order valence-corrected chi connectivity index (χ4v) is 2.22. The molecule has 1 aromatic rings. The number of hydrogen-bond acceptors (Lipinski definition) is 3. The van der Waals surface area contributed by atoms with E-state index < -0.39 is 11.6 Å². The van der Waals surface area contributed by atoms with Gasteiger partial charge in [-0.1, -0.05) is 13.0 Å². The Bertz CT molecular complexity index is 394. The smallest absolute Gasteiger partial charge is 0.191 e. The molecule has 3 atom stereocenters. The number of hydrogen-bond donors (Lipinski definition) is 1. The molecule has 3 nitrogen and oxygen atoms in total. The van der Waals surface area contributed by atoms with Gasteiger partial charge in [0.25, 0.3) is 0 Å². The van der Waals surface area contributed by atoms with E-state index in [4.69, 9.17) is 9.47 Å². The minimum atomic E-state index is -0.684. The molecule has 18 heavy (non-hydrogen) atoms. The van der Waals surface area contributed by atoms with Crippen molar-refractivity contribution in [3.8, 4) is 5.75 Å². The molecule has 0 bridgehead atoms. The van der Waals surface area contributed by atoms with E-state index in [1.165, 1.54) is 18.2 Å². The fourth-order valence-electron chi connectivity index (χ4n) is 2.22. The van der Waals surface area contributed by atoms with Crippen LogP contribution in [-0.4, -0.2) is 31.9 Å². The van der Waals surface area contributed by atoms with E-state index in [0.29, 0.717) is 6.42 Å². The number of ether oxygens (including phenoxy) is 2. The second-order valence-corrected chi connectivity index (χ2v) is 4.31.